The highest BCUT2D eigenvalue weighted by atomic mass is 35.5. The standard InChI is InChI=1S/C20H18ClN3O2S/c21-16-4-2-1-3-15(16)20-24-11-17(27-20)19(25)23-10-14-7-8-18(22-9-14)26-12-13-5-6-13/h1-4,7-9,11,13H,5-6,10,12H2,(H,23,25). The molecule has 0 radical (unpaired) electrons. The number of amides is 1. The van der Waals surface area contributed by atoms with Gasteiger partial charge in [0.1, 0.15) is 9.88 Å². The van der Waals surface area contributed by atoms with E-state index in [-0.39, 0.29) is 5.91 Å². The molecule has 1 saturated carbocycles. The molecule has 0 atom stereocenters. The maximum Gasteiger partial charge on any atom is 0.263 e. The first-order valence-corrected chi connectivity index (χ1v) is 9.95. The molecule has 0 saturated heterocycles. The Labute approximate surface area is 166 Å². The topological polar surface area (TPSA) is 64.1 Å². The summed E-state index contributed by atoms with van der Waals surface area (Å²) in [6.45, 7) is 1.14. The van der Waals surface area contributed by atoms with Crippen molar-refractivity contribution in [2.45, 2.75) is 19.4 Å². The van der Waals surface area contributed by atoms with E-state index in [9.17, 15) is 4.79 Å². The van der Waals surface area contributed by atoms with E-state index < -0.39 is 0 Å². The first-order chi connectivity index (χ1) is 13.2. The molecule has 2 aromatic heterocycles. The highest BCUT2D eigenvalue weighted by Gasteiger charge is 2.22. The second-order valence-corrected chi connectivity index (χ2v) is 7.89. The van der Waals surface area contributed by atoms with Gasteiger partial charge in [0.05, 0.1) is 17.8 Å². The first kappa shape index (κ1) is 17.9. The monoisotopic (exact) mass is 399 g/mol. The van der Waals surface area contributed by atoms with Crippen LogP contribution in [0, 0.1) is 5.92 Å². The molecule has 0 aliphatic heterocycles. The summed E-state index contributed by atoms with van der Waals surface area (Å²) in [5, 5.41) is 4.24. The van der Waals surface area contributed by atoms with Gasteiger partial charge >= 0.3 is 0 Å². The van der Waals surface area contributed by atoms with Crippen molar-refractivity contribution < 1.29 is 9.53 Å². The summed E-state index contributed by atoms with van der Waals surface area (Å²) < 4.78 is 5.62. The van der Waals surface area contributed by atoms with E-state index in [1.807, 2.05) is 36.4 Å². The zero-order valence-electron chi connectivity index (χ0n) is 14.5. The summed E-state index contributed by atoms with van der Waals surface area (Å²) in [5.74, 6) is 1.16. The Morgan fingerprint density at radius 2 is 2.04 bits per heavy atom. The number of hydrogen-bond acceptors (Lipinski definition) is 5. The molecule has 0 bridgehead atoms. The molecule has 4 rings (SSSR count). The summed E-state index contributed by atoms with van der Waals surface area (Å²) in [7, 11) is 0. The number of carbonyl (C=O) groups excluding carboxylic acids is 1. The van der Waals surface area contributed by atoms with Crippen molar-refractivity contribution in [3.05, 3.63) is 64.3 Å². The van der Waals surface area contributed by atoms with Gasteiger partial charge in [-0.3, -0.25) is 4.79 Å². The molecule has 1 aliphatic rings. The lowest BCUT2D eigenvalue weighted by atomic mass is 10.2. The summed E-state index contributed by atoms with van der Waals surface area (Å²) in [5.41, 5.74) is 1.74. The smallest absolute Gasteiger partial charge is 0.263 e. The zero-order chi connectivity index (χ0) is 18.6. The van der Waals surface area contributed by atoms with Gasteiger partial charge in [-0.1, -0.05) is 35.9 Å². The summed E-state index contributed by atoms with van der Waals surface area (Å²) in [4.78, 5) is 21.5. The average molecular weight is 400 g/mol. The molecule has 0 unspecified atom stereocenters. The SMILES string of the molecule is O=C(NCc1ccc(OCC2CC2)nc1)c1cnc(-c2ccccc2Cl)s1. The number of hydrogen-bond donors (Lipinski definition) is 1. The fourth-order valence-electron chi connectivity index (χ4n) is 2.50. The summed E-state index contributed by atoms with van der Waals surface area (Å²) in [6.07, 6.45) is 5.80. The quantitative estimate of drug-likeness (QED) is 0.631. The van der Waals surface area contributed by atoms with Gasteiger partial charge in [0.25, 0.3) is 5.91 Å². The molecular formula is C20H18ClN3O2S. The molecule has 1 aromatic carbocycles. The van der Waals surface area contributed by atoms with Crippen molar-refractivity contribution in [2.75, 3.05) is 6.61 Å². The van der Waals surface area contributed by atoms with E-state index in [0.717, 1.165) is 22.7 Å². The van der Waals surface area contributed by atoms with Crippen molar-refractivity contribution in [3.63, 3.8) is 0 Å². The van der Waals surface area contributed by atoms with Gasteiger partial charge in [-0.2, -0.15) is 0 Å². The largest absolute Gasteiger partial charge is 0.477 e. The summed E-state index contributed by atoms with van der Waals surface area (Å²) >= 11 is 7.51. The number of rotatable bonds is 7. The van der Waals surface area contributed by atoms with Gasteiger partial charge in [0.2, 0.25) is 5.88 Å². The van der Waals surface area contributed by atoms with Crippen LogP contribution in [-0.4, -0.2) is 22.5 Å². The number of halogens is 1. The Morgan fingerprint density at radius 3 is 2.78 bits per heavy atom. The van der Waals surface area contributed by atoms with Crippen LogP contribution < -0.4 is 10.1 Å². The highest BCUT2D eigenvalue weighted by molar-refractivity contribution is 7.17. The lowest BCUT2D eigenvalue weighted by Crippen LogP contribution is -2.21. The molecule has 1 aliphatic carbocycles. The van der Waals surface area contributed by atoms with Crippen molar-refractivity contribution in [2.24, 2.45) is 5.92 Å². The summed E-state index contributed by atoms with van der Waals surface area (Å²) in [6, 6.07) is 11.2. The van der Waals surface area contributed by atoms with E-state index in [4.69, 9.17) is 16.3 Å². The number of benzene rings is 1. The Kier molecular flexibility index (Phi) is 5.36. The fourth-order valence-corrected chi connectivity index (χ4v) is 3.65. The molecule has 1 amide bonds. The van der Waals surface area contributed by atoms with Crippen molar-refractivity contribution in [3.8, 4) is 16.5 Å². The van der Waals surface area contributed by atoms with Crippen LogP contribution in [0.4, 0.5) is 0 Å². The lowest BCUT2D eigenvalue weighted by Gasteiger charge is -2.06. The molecule has 1 fully saturated rings. The first-order valence-electron chi connectivity index (χ1n) is 8.76. The normalized spacial score (nSPS) is 13.4. The van der Waals surface area contributed by atoms with E-state index in [1.165, 1.54) is 24.2 Å². The number of ether oxygens (including phenoxy) is 1. The minimum Gasteiger partial charge on any atom is -0.477 e. The third-order valence-corrected chi connectivity index (χ3v) is 5.61. The number of pyridine rings is 1. The van der Waals surface area contributed by atoms with E-state index >= 15 is 0 Å². The van der Waals surface area contributed by atoms with Gasteiger partial charge in [-0.25, -0.2) is 9.97 Å². The van der Waals surface area contributed by atoms with E-state index in [1.54, 1.807) is 12.4 Å². The van der Waals surface area contributed by atoms with Gasteiger partial charge in [0, 0.05) is 24.4 Å². The number of nitrogens with one attached hydrogen (secondary N) is 1. The molecule has 7 heteroatoms. The molecule has 3 aromatic rings. The predicted molar refractivity (Wildman–Crippen MR) is 106 cm³/mol. The van der Waals surface area contributed by atoms with Crippen molar-refractivity contribution in [1.82, 2.24) is 15.3 Å². The second kappa shape index (κ2) is 8.06. The Hall–Kier alpha value is -2.44. The van der Waals surface area contributed by atoms with Crippen LogP contribution in [0.3, 0.4) is 0 Å². The van der Waals surface area contributed by atoms with Gasteiger partial charge in [0.15, 0.2) is 0 Å². The van der Waals surface area contributed by atoms with Crippen LogP contribution in [0.15, 0.2) is 48.8 Å². The molecular weight excluding hydrogens is 382 g/mol. The third-order valence-electron chi connectivity index (χ3n) is 4.25. The van der Waals surface area contributed by atoms with Crippen LogP contribution in [0.2, 0.25) is 5.02 Å². The zero-order valence-corrected chi connectivity index (χ0v) is 16.1. The van der Waals surface area contributed by atoms with E-state index in [0.29, 0.717) is 28.2 Å². The van der Waals surface area contributed by atoms with Gasteiger partial charge in [-0.05, 0) is 30.4 Å². The van der Waals surface area contributed by atoms with Crippen LogP contribution in [0.25, 0.3) is 10.6 Å². The molecule has 5 nitrogen and oxygen atoms in total. The maximum absolute atomic E-state index is 12.4. The molecule has 27 heavy (non-hydrogen) atoms. The molecule has 0 spiro atoms. The Morgan fingerprint density at radius 1 is 1.19 bits per heavy atom. The average Bonchev–Trinajstić information content (AvgIpc) is 3.40. The third kappa shape index (κ3) is 4.64. The Bertz CT molecular complexity index is 938. The minimum atomic E-state index is -0.167. The molecule has 138 valence electrons. The second-order valence-electron chi connectivity index (χ2n) is 6.45. The number of thiazole rings is 1. The maximum atomic E-state index is 12.4. The lowest BCUT2D eigenvalue weighted by molar-refractivity contribution is 0.0954. The van der Waals surface area contributed by atoms with Crippen molar-refractivity contribution >= 4 is 28.8 Å². The van der Waals surface area contributed by atoms with Gasteiger partial charge in [-0.15, -0.1) is 11.3 Å². The molecule has 2 heterocycles. The number of carbonyl (C=O) groups is 1. The highest BCUT2D eigenvalue weighted by Crippen LogP contribution is 2.31. The van der Waals surface area contributed by atoms with Crippen LogP contribution in [-0.2, 0) is 6.54 Å². The molecule has 1 N–H and O–H groups in total. The predicted octanol–water partition coefficient (Wildman–Crippen LogP) is 4.58. The fraction of sp³-hybridized carbons (Fsp3) is 0.250. The van der Waals surface area contributed by atoms with Crippen LogP contribution >= 0.6 is 22.9 Å². The van der Waals surface area contributed by atoms with Gasteiger partial charge < -0.3 is 10.1 Å². The number of nitrogens with zero attached hydrogens (tertiary/aromatic N) is 2. The Balaban J connectivity index is 1.33. The minimum absolute atomic E-state index is 0.167. The van der Waals surface area contributed by atoms with E-state index in [2.05, 4.69) is 15.3 Å². The van der Waals surface area contributed by atoms with Crippen LogP contribution in [0.5, 0.6) is 5.88 Å². The van der Waals surface area contributed by atoms with Crippen LogP contribution in [0.1, 0.15) is 28.1 Å². The number of aromatic nitrogens is 2. The van der Waals surface area contributed by atoms with Crippen molar-refractivity contribution in [1.29, 1.82) is 0 Å².